The predicted molar refractivity (Wildman–Crippen MR) is 95.1 cm³/mol. The van der Waals surface area contributed by atoms with Gasteiger partial charge in [0.1, 0.15) is 5.75 Å². The summed E-state index contributed by atoms with van der Waals surface area (Å²) in [7, 11) is 0. The molecule has 1 amide bonds. The number of benzene rings is 1. The number of carbonyl (C=O) groups is 1. The van der Waals surface area contributed by atoms with E-state index in [2.05, 4.69) is 0 Å². The second-order valence-electron chi connectivity index (χ2n) is 6.87. The van der Waals surface area contributed by atoms with Gasteiger partial charge in [-0.15, -0.1) is 0 Å². The van der Waals surface area contributed by atoms with Gasteiger partial charge in [-0.2, -0.15) is 0 Å². The average Bonchev–Trinajstić information content (AvgIpc) is 2.63. The van der Waals surface area contributed by atoms with Gasteiger partial charge in [0.25, 0.3) is 11.5 Å². The van der Waals surface area contributed by atoms with Crippen molar-refractivity contribution in [2.24, 2.45) is 5.92 Å². The highest BCUT2D eigenvalue weighted by atomic mass is 16.5. The van der Waals surface area contributed by atoms with Gasteiger partial charge in [-0.1, -0.05) is 6.07 Å². The van der Waals surface area contributed by atoms with Crippen LogP contribution in [0.25, 0.3) is 0 Å². The van der Waals surface area contributed by atoms with Crippen molar-refractivity contribution in [3.63, 3.8) is 0 Å². The van der Waals surface area contributed by atoms with Crippen molar-refractivity contribution in [1.82, 2.24) is 9.47 Å². The van der Waals surface area contributed by atoms with Crippen LogP contribution < -0.4 is 10.3 Å². The van der Waals surface area contributed by atoms with Gasteiger partial charge in [0, 0.05) is 42.9 Å². The minimum absolute atomic E-state index is 0.0597. The Labute approximate surface area is 146 Å². The minimum Gasteiger partial charge on any atom is -0.494 e. The smallest absolute Gasteiger partial charge is 0.253 e. The van der Waals surface area contributed by atoms with Gasteiger partial charge in [0.15, 0.2) is 0 Å². The summed E-state index contributed by atoms with van der Waals surface area (Å²) in [6.45, 7) is 4.64. The number of ether oxygens (including phenoxy) is 1. The minimum atomic E-state index is 0.0597. The summed E-state index contributed by atoms with van der Waals surface area (Å²) in [6, 6.07) is 12.8. The summed E-state index contributed by atoms with van der Waals surface area (Å²) in [5.41, 5.74) is 1.82. The Bertz CT molecular complexity index is 841. The van der Waals surface area contributed by atoms with E-state index in [-0.39, 0.29) is 17.4 Å². The van der Waals surface area contributed by atoms with Gasteiger partial charge < -0.3 is 14.2 Å². The van der Waals surface area contributed by atoms with Gasteiger partial charge in [-0.25, -0.2) is 0 Å². The van der Waals surface area contributed by atoms with Gasteiger partial charge >= 0.3 is 0 Å². The van der Waals surface area contributed by atoms with Crippen molar-refractivity contribution in [2.45, 2.75) is 25.8 Å². The van der Waals surface area contributed by atoms with Crippen LogP contribution in [0.5, 0.6) is 5.75 Å². The summed E-state index contributed by atoms with van der Waals surface area (Å²) >= 11 is 0. The van der Waals surface area contributed by atoms with Crippen LogP contribution in [0.2, 0.25) is 0 Å². The van der Waals surface area contributed by atoms with Crippen molar-refractivity contribution in [3.8, 4) is 5.75 Å². The molecule has 2 atom stereocenters. The lowest BCUT2D eigenvalue weighted by molar-refractivity contribution is 0.0594. The SMILES string of the molecule is CCOc1ccc(C(=O)N2CC3CC(C2)c2cccc(=O)n2C3)cc1. The van der Waals surface area contributed by atoms with Crippen molar-refractivity contribution in [3.05, 3.63) is 64.1 Å². The molecule has 0 spiro atoms. The highest BCUT2D eigenvalue weighted by Gasteiger charge is 2.36. The predicted octanol–water partition coefficient (Wildman–Crippen LogP) is 2.51. The van der Waals surface area contributed by atoms with E-state index in [0.717, 1.165) is 17.9 Å². The fraction of sp³-hybridized carbons (Fsp3) is 0.400. The molecule has 130 valence electrons. The molecule has 1 aromatic heterocycles. The summed E-state index contributed by atoms with van der Waals surface area (Å²) in [5, 5.41) is 0. The van der Waals surface area contributed by atoms with Crippen LogP contribution in [0, 0.1) is 5.92 Å². The maximum absolute atomic E-state index is 12.9. The normalized spacial score (nSPS) is 21.6. The molecule has 2 aromatic rings. The maximum atomic E-state index is 12.9. The Hall–Kier alpha value is -2.56. The van der Waals surface area contributed by atoms with E-state index < -0.39 is 0 Å². The molecule has 0 aliphatic carbocycles. The number of pyridine rings is 1. The van der Waals surface area contributed by atoms with Crippen LogP contribution in [0.3, 0.4) is 0 Å². The first-order valence-corrected chi connectivity index (χ1v) is 8.87. The molecular weight excluding hydrogens is 316 g/mol. The van der Waals surface area contributed by atoms with E-state index in [4.69, 9.17) is 4.74 Å². The zero-order valence-electron chi connectivity index (χ0n) is 14.4. The number of aromatic nitrogens is 1. The molecule has 2 bridgehead atoms. The summed E-state index contributed by atoms with van der Waals surface area (Å²) in [5.74, 6) is 1.43. The number of hydrogen-bond acceptors (Lipinski definition) is 3. The number of likely N-dealkylation sites (tertiary alicyclic amines) is 1. The number of piperidine rings is 1. The molecule has 2 aliphatic rings. The number of carbonyl (C=O) groups excluding carboxylic acids is 1. The fourth-order valence-corrected chi connectivity index (χ4v) is 4.11. The number of amides is 1. The molecule has 25 heavy (non-hydrogen) atoms. The van der Waals surface area contributed by atoms with Crippen LogP contribution in [0.4, 0.5) is 0 Å². The molecule has 1 saturated heterocycles. The first kappa shape index (κ1) is 15.9. The Morgan fingerprint density at radius 2 is 1.92 bits per heavy atom. The lowest BCUT2D eigenvalue weighted by atomic mass is 9.83. The first-order chi connectivity index (χ1) is 12.2. The quantitative estimate of drug-likeness (QED) is 0.864. The topological polar surface area (TPSA) is 51.5 Å². The molecular formula is C20H22N2O3. The Morgan fingerprint density at radius 1 is 1.12 bits per heavy atom. The lowest BCUT2D eigenvalue weighted by Crippen LogP contribution is -2.49. The second kappa shape index (κ2) is 6.39. The Balaban J connectivity index is 1.55. The summed E-state index contributed by atoms with van der Waals surface area (Å²) in [6.07, 6.45) is 1.05. The van der Waals surface area contributed by atoms with Gasteiger partial charge in [-0.05, 0) is 49.6 Å². The van der Waals surface area contributed by atoms with Gasteiger partial charge in [0.05, 0.1) is 6.61 Å². The van der Waals surface area contributed by atoms with Crippen LogP contribution >= 0.6 is 0 Å². The third-order valence-corrected chi connectivity index (χ3v) is 5.18. The average molecular weight is 338 g/mol. The summed E-state index contributed by atoms with van der Waals surface area (Å²) < 4.78 is 7.33. The molecule has 3 heterocycles. The first-order valence-electron chi connectivity index (χ1n) is 8.87. The standard InChI is InChI=1S/C20H22N2O3/c1-2-25-17-8-6-15(7-9-17)20(24)21-11-14-10-16(13-21)18-4-3-5-19(23)22(18)12-14/h3-9,14,16H,2,10-13H2,1H3. The van der Waals surface area contributed by atoms with E-state index in [1.807, 2.05) is 52.8 Å². The molecule has 5 heteroatoms. The zero-order chi connectivity index (χ0) is 17.4. The molecule has 5 nitrogen and oxygen atoms in total. The zero-order valence-corrected chi connectivity index (χ0v) is 14.4. The number of nitrogens with zero attached hydrogens (tertiary/aromatic N) is 2. The highest BCUT2D eigenvalue weighted by molar-refractivity contribution is 5.94. The molecule has 4 rings (SSSR count). The molecule has 2 unspecified atom stereocenters. The molecule has 0 saturated carbocycles. The Morgan fingerprint density at radius 3 is 2.68 bits per heavy atom. The fourth-order valence-electron chi connectivity index (χ4n) is 4.11. The van der Waals surface area contributed by atoms with Crippen LogP contribution in [0.1, 0.15) is 35.3 Å². The highest BCUT2D eigenvalue weighted by Crippen LogP contribution is 2.35. The molecule has 2 aliphatic heterocycles. The van der Waals surface area contributed by atoms with E-state index in [0.29, 0.717) is 37.7 Å². The van der Waals surface area contributed by atoms with Crippen LogP contribution in [0.15, 0.2) is 47.3 Å². The van der Waals surface area contributed by atoms with E-state index in [1.165, 1.54) is 0 Å². The van der Waals surface area contributed by atoms with Crippen molar-refractivity contribution < 1.29 is 9.53 Å². The van der Waals surface area contributed by atoms with Crippen molar-refractivity contribution in [2.75, 3.05) is 19.7 Å². The third kappa shape index (κ3) is 2.95. The lowest BCUT2D eigenvalue weighted by Gasteiger charge is -2.42. The molecule has 0 N–H and O–H groups in total. The monoisotopic (exact) mass is 338 g/mol. The van der Waals surface area contributed by atoms with Crippen LogP contribution in [-0.2, 0) is 6.54 Å². The van der Waals surface area contributed by atoms with E-state index in [1.54, 1.807) is 6.07 Å². The van der Waals surface area contributed by atoms with E-state index >= 15 is 0 Å². The van der Waals surface area contributed by atoms with Gasteiger partial charge in [-0.3, -0.25) is 9.59 Å². The van der Waals surface area contributed by atoms with Crippen LogP contribution in [-0.4, -0.2) is 35.1 Å². The third-order valence-electron chi connectivity index (χ3n) is 5.18. The summed E-state index contributed by atoms with van der Waals surface area (Å²) in [4.78, 5) is 26.9. The molecule has 1 aromatic carbocycles. The number of hydrogen-bond donors (Lipinski definition) is 0. The second-order valence-corrected chi connectivity index (χ2v) is 6.87. The van der Waals surface area contributed by atoms with Crippen molar-refractivity contribution >= 4 is 5.91 Å². The molecule has 1 fully saturated rings. The largest absolute Gasteiger partial charge is 0.494 e. The van der Waals surface area contributed by atoms with Gasteiger partial charge in [0.2, 0.25) is 0 Å². The van der Waals surface area contributed by atoms with Crippen molar-refractivity contribution in [1.29, 1.82) is 0 Å². The van der Waals surface area contributed by atoms with E-state index in [9.17, 15) is 9.59 Å². The maximum Gasteiger partial charge on any atom is 0.253 e. The number of rotatable bonds is 3. The number of fused-ring (bicyclic) bond motifs is 4. The Kier molecular flexibility index (Phi) is 4.07. The molecule has 0 radical (unpaired) electrons.